The number of hydrogen-bond donors (Lipinski definition) is 1. The van der Waals surface area contributed by atoms with Crippen molar-refractivity contribution in [2.75, 3.05) is 6.26 Å². The first kappa shape index (κ1) is 14.4. The largest absolute Gasteiger partial charge is 0.326 e. The third kappa shape index (κ3) is 2.90. The zero-order chi connectivity index (χ0) is 14.7. The van der Waals surface area contributed by atoms with E-state index >= 15 is 0 Å². The molecule has 0 aliphatic heterocycles. The summed E-state index contributed by atoms with van der Waals surface area (Å²) in [4.78, 5) is 11.1. The number of benzene rings is 2. The minimum absolute atomic E-state index is 0.530. The molecule has 0 bridgehead atoms. The molecule has 5 heteroatoms. The molecule has 0 aliphatic rings. The molecular formula is C16H15N3S2. The van der Waals surface area contributed by atoms with Gasteiger partial charge in [0, 0.05) is 21.7 Å². The van der Waals surface area contributed by atoms with Crippen molar-refractivity contribution in [3.8, 4) is 0 Å². The van der Waals surface area contributed by atoms with Gasteiger partial charge < -0.3 is 5.73 Å². The molecule has 1 aromatic heterocycles. The summed E-state index contributed by atoms with van der Waals surface area (Å²) in [6.07, 6.45) is 3.69. The Morgan fingerprint density at radius 1 is 1.00 bits per heavy atom. The van der Waals surface area contributed by atoms with Gasteiger partial charge in [-0.3, -0.25) is 0 Å². The molecule has 3 rings (SSSR count). The van der Waals surface area contributed by atoms with Gasteiger partial charge in [-0.05, 0) is 30.0 Å². The summed E-state index contributed by atoms with van der Waals surface area (Å²) < 4.78 is 0. The summed E-state index contributed by atoms with van der Waals surface area (Å²) >= 11 is 3.38. The van der Waals surface area contributed by atoms with E-state index in [4.69, 9.17) is 5.73 Å². The average Bonchev–Trinajstić information content (AvgIpc) is 2.55. The molecule has 21 heavy (non-hydrogen) atoms. The molecule has 0 radical (unpaired) electrons. The predicted octanol–water partition coefficient (Wildman–Crippen LogP) is 3.96. The zero-order valence-electron chi connectivity index (χ0n) is 11.6. The SMILES string of the molecule is CSc1cccc(Sc2ncnc3ccccc23)c1CN. The molecule has 2 aromatic carbocycles. The van der Waals surface area contributed by atoms with Gasteiger partial charge in [0.2, 0.25) is 0 Å². The van der Waals surface area contributed by atoms with Crippen LogP contribution < -0.4 is 5.73 Å². The maximum absolute atomic E-state index is 5.93. The molecule has 0 amide bonds. The van der Waals surface area contributed by atoms with Crippen molar-refractivity contribution in [3.63, 3.8) is 0 Å². The maximum Gasteiger partial charge on any atom is 0.117 e. The first-order valence-electron chi connectivity index (χ1n) is 6.57. The summed E-state index contributed by atoms with van der Waals surface area (Å²) in [6, 6.07) is 14.3. The van der Waals surface area contributed by atoms with Crippen LogP contribution in [0.4, 0.5) is 0 Å². The molecule has 0 atom stereocenters. The van der Waals surface area contributed by atoms with E-state index in [9.17, 15) is 0 Å². The molecule has 0 spiro atoms. The highest BCUT2D eigenvalue weighted by atomic mass is 32.2. The fraction of sp³-hybridized carbons (Fsp3) is 0.125. The van der Waals surface area contributed by atoms with Crippen molar-refractivity contribution in [1.82, 2.24) is 9.97 Å². The van der Waals surface area contributed by atoms with Crippen LogP contribution in [0.5, 0.6) is 0 Å². The highest BCUT2D eigenvalue weighted by molar-refractivity contribution is 8.00. The van der Waals surface area contributed by atoms with E-state index in [1.54, 1.807) is 29.9 Å². The Morgan fingerprint density at radius 2 is 1.81 bits per heavy atom. The number of nitrogens with zero attached hydrogens (tertiary/aromatic N) is 2. The van der Waals surface area contributed by atoms with Crippen LogP contribution in [0, 0.1) is 0 Å². The number of aromatic nitrogens is 2. The van der Waals surface area contributed by atoms with Crippen LogP contribution in [0.2, 0.25) is 0 Å². The van der Waals surface area contributed by atoms with Crippen molar-refractivity contribution in [2.45, 2.75) is 21.4 Å². The van der Waals surface area contributed by atoms with Crippen LogP contribution in [0.15, 0.2) is 63.6 Å². The standard InChI is InChI=1S/C16H15N3S2/c1-20-14-7-4-8-15(12(14)9-17)21-16-11-5-2-3-6-13(11)18-10-19-16/h2-8,10H,9,17H2,1H3. The zero-order valence-corrected chi connectivity index (χ0v) is 13.2. The molecular weight excluding hydrogens is 298 g/mol. The lowest BCUT2D eigenvalue weighted by atomic mass is 10.2. The number of para-hydroxylation sites is 1. The van der Waals surface area contributed by atoms with Gasteiger partial charge in [0.1, 0.15) is 11.4 Å². The second-order valence-corrected chi connectivity index (χ2v) is 6.32. The van der Waals surface area contributed by atoms with Crippen LogP contribution in [-0.4, -0.2) is 16.2 Å². The highest BCUT2D eigenvalue weighted by Crippen LogP contribution is 2.36. The monoisotopic (exact) mass is 313 g/mol. The van der Waals surface area contributed by atoms with Crippen LogP contribution in [0.25, 0.3) is 10.9 Å². The van der Waals surface area contributed by atoms with E-state index in [1.807, 2.05) is 18.2 Å². The molecule has 0 aliphatic carbocycles. The first-order chi connectivity index (χ1) is 10.3. The summed E-state index contributed by atoms with van der Waals surface area (Å²) in [7, 11) is 0. The molecule has 3 nitrogen and oxygen atoms in total. The molecule has 106 valence electrons. The van der Waals surface area contributed by atoms with Crippen LogP contribution in [-0.2, 0) is 6.54 Å². The van der Waals surface area contributed by atoms with Gasteiger partial charge in [0.05, 0.1) is 5.52 Å². The van der Waals surface area contributed by atoms with Crippen molar-refractivity contribution in [1.29, 1.82) is 0 Å². The third-order valence-corrected chi connectivity index (χ3v) is 5.17. The van der Waals surface area contributed by atoms with E-state index in [0.717, 1.165) is 20.8 Å². The van der Waals surface area contributed by atoms with Gasteiger partial charge in [-0.1, -0.05) is 36.0 Å². The van der Waals surface area contributed by atoms with Gasteiger partial charge in [0.25, 0.3) is 0 Å². The lowest BCUT2D eigenvalue weighted by molar-refractivity contribution is 0.978. The highest BCUT2D eigenvalue weighted by Gasteiger charge is 2.10. The average molecular weight is 313 g/mol. The Bertz CT molecular complexity index is 769. The third-order valence-electron chi connectivity index (χ3n) is 3.23. The number of nitrogens with two attached hydrogens (primary N) is 1. The van der Waals surface area contributed by atoms with Gasteiger partial charge in [-0.25, -0.2) is 9.97 Å². The fourth-order valence-electron chi connectivity index (χ4n) is 2.20. The van der Waals surface area contributed by atoms with Crippen molar-refractivity contribution >= 4 is 34.4 Å². The topological polar surface area (TPSA) is 51.8 Å². The van der Waals surface area contributed by atoms with Crippen LogP contribution in [0.3, 0.4) is 0 Å². The summed E-state index contributed by atoms with van der Waals surface area (Å²) in [5.74, 6) is 0. The molecule has 0 saturated carbocycles. The quantitative estimate of drug-likeness (QED) is 0.583. The van der Waals surface area contributed by atoms with Crippen LogP contribution in [0.1, 0.15) is 5.56 Å². The first-order valence-corrected chi connectivity index (χ1v) is 8.61. The lowest BCUT2D eigenvalue weighted by Gasteiger charge is -2.11. The Labute approximate surface area is 132 Å². The van der Waals surface area contributed by atoms with Gasteiger partial charge in [0.15, 0.2) is 0 Å². The van der Waals surface area contributed by atoms with Crippen molar-refractivity contribution in [2.24, 2.45) is 5.73 Å². The minimum atomic E-state index is 0.530. The lowest BCUT2D eigenvalue weighted by Crippen LogP contribution is -2.00. The van der Waals surface area contributed by atoms with Crippen molar-refractivity contribution < 1.29 is 0 Å². The molecule has 2 N–H and O–H groups in total. The summed E-state index contributed by atoms with van der Waals surface area (Å²) in [6.45, 7) is 0.530. The predicted molar refractivity (Wildman–Crippen MR) is 89.8 cm³/mol. The van der Waals surface area contributed by atoms with Gasteiger partial charge in [-0.2, -0.15) is 0 Å². The van der Waals surface area contributed by atoms with E-state index in [2.05, 4.69) is 40.5 Å². The van der Waals surface area contributed by atoms with Gasteiger partial charge >= 0.3 is 0 Å². The molecule has 0 saturated heterocycles. The number of fused-ring (bicyclic) bond motifs is 1. The fourth-order valence-corrected chi connectivity index (χ4v) is 3.97. The molecule has 3 aromatic rings. The number of thioether (sulfide) groups is 1. The Morgan fingerprint density at radius 3 is 2.62 bits per heavy atom. The van der Waals surface area contributed by atoms with E-state index in [-0.39, 0.29) is 0 Å². The van der Waals surface area contributed by atoms with Crippen molar-refractivity contribution in [3.05, 3.63) is 54.4 Å². The minimum Gasteiger partial charge on any atom is -0.326 e. The van der Waals surface area contributed by atoms with Gasteiger partial charge in [-0.15, -0.1) is 11.8 Å². The molecule has 0 unspecified atom stereocenters. The summed E-state index contributed by atoms with van der Waals surface area (Å²) in [5.41, 5.74) is 8.08. The smallest absolute Gasteiger partial charge is 0.117 e. The van der Waals surface area contributed by atoms with E-state index < -0.39 is 0 Å². The number of hydrogen-bond acceptors (Lipinski definition) is 5. The van der Waals surface area contributed by atoms with E-state index in [0.29, 0.717) is 6.54 Å². The summed E-state index contributed by atoms with van der Waals surface area (Å²) in [5, 5.41) is 2.04. The van der Waals surface area contributed by atoms with E-state index in [1.165, 1.54) is 10.5 Å². The maximum atomic E-state index is 5.93. The Kier molecular flexibility index (Phi) is 4.43. The molecule has 1 heterocycles. The molecule has 0 fully saturated rings. The second kappa shape index (κ2) is 6.47. The second-order valence-electron chi connectivity index (χ2n) is 4.44. The Hall–Kier alpha value is -1.56. The van der Waals surface area contributed by atoms with Crippen LogP contribution >= 0.6 is 23.5 Å². The normalized spacial score (nSPS) is 11.0. The number of rotatable bonds is 4. The Balaban J connectivity index is 2.07.